The molecular weight excluding hydrogens is 202 g/mol. The number of rotatable bonds is 3. The molecule has 0 atom stereocenters. The van der Waals surface area contributed by atoms with Crippen LogP contribution in [0.1, 0.15) is 29.9 Å². The van der Waals surface area contributed by atoms with E-state index < -0.39 is 0 Å². The van der Waals surface area contributed by atoms with Gasteiger partial charge >= 0.3 is 0 Å². The minimum absolute atomic E-state index is 0.749. The van der Waals surface area contributed by atoms with Gasteiger partial charge in [0.25, 0.3) is 0 Å². The van der Waals surface area contributed by atoms with Gasteiger partial charge in [-0.1, -0.05) is 6.07 Å². The van der Waals surface area contributed by atoms with Crippen LogP contribution in [0.25, 0.3) is 10.1 Å². The van der Waals surface area contributed by atoms with Gasteiger partial charge in [-0.15, -0.1) is 11.3 Å². The predicted octanol–water partition coefficient (Wildman–Crippen LogP) is 3.28. The van der Waals surface area contributed by atoms with Crippen molar-refractivity contribution in [2.45, 2.75) is 25.2 Å². The first kappa shape index (κ1) is 9.37. The van der Waals surface area contributed by atoms with Crippen molar-refractivity contribution in [3.63, 3.8) is 0 Å². The number of benzene rings is 1. The topological polar surface area (TPSA) is 26.0 Å². The number of thiophene rings is 1. The van der Waals surface area contributed by atoms with E-state index in [2.05, 4.69) is 23.6 Å². The molecule has 0 spiro atoms. The molecule has 1 aliphatic rings. The maximum Gasteiger partial charge on any atom is 0.0345 e. The molecule has 1 aromatic heterocycles. The molecule has 0 bridgehead atoms. The van der Waals surface area contributed by atoms with Gasteiger partial charge in [0.15, 0.2) is 0 Å². The third-order valence-electron chi connectivity index (χ3n) is 3.14. The average molecular weight is 217 g/mol. The Bertz CT molecular complexity index is 482. The van der Waals surface area contributed by atoms with Gasteiger partial charge in [0.2, 0.25) is 0 Å². The molecule has 15 heavy (non-hydrogen) atoms. The summed E-state index contributed by atoms with van der Waals surface area (Å²) in [5, 5.41) is 3.70. The predicted molar refractivity (Wildman–Crippen MR) is 66.6 cm³/mol. The van der Waals surface area contributed by atoms with Gasteiger partial charge in [-0.05, 0) is 65.8 Å². The van der Waals surface area contributed by atoms with E-state index in [1.807, 2.05) is 11.3 Å². The van der Waals surface area contributed by atoms with Gasteiger partial charge < -0.3 is 5.73 Å². The first-order valence-electron chi connectivity index (χ1n) is 5.58. The smallest absolute Gasteiger partial charge is 0.0345 e. The number of nitrogens with two attached hydrogens (primary N) is 1. The third-order valence-corrected chi connectivity index (χ3v) is 4.15. The van der Waals surface area contributed by atoms with E-state index in [-0.39, 0.29) is 0 Å². The second-order valence-corrected chi connectivity index (χ2v) is 5.24. The lowest BCUT2D eigenvalue weighted by atomic mass is 10.1. The molecule has 1 aromatic carbocycles. The largest absolute Gasteiger partial charge is 0.330 e. The summed E-state index contributed by atoms with van der Waals surface area (Å²) in [6.45, 7) is 0.749. The second kappa shape index (κ2) is 3.62. The lowest BCUT2D eigenvalue weighted by Crippen LogP contribution is -2.01. The standard InChI is InChI=1S/C13H15NS/c14-6-5-11-8-15-13-4-3-10(7-12(11)13)9-1-2-9/h3-4,7-9H,1-2,5-6,14H2. The van der Waals surface area contributed by atoms with Crippen LogP contribution in [0.2, 0.25) is 0 Å². The Morgan fingerprint density at radius 2 is 2.20 bits per heavy atom. The lowest BCUT2D eigenvalue weighted by molar-refractivity contribution is 0.981. The summed E-state index contributed by atoms with van der Waals surface area (Å²) in [7, 11) is 0. The zero-order valence-electron chi connectivity index (χ0n) is 8.70. The van der Waals surface area contributed by atoms with Gasteiger partial charge in [0, 0.05) is 4.70 Å². The Labute approximate surface area is 93.9 Å². The molecule has 1 saturated carbocycles. The molecular formula is C13H15NS. The van der Waals surface area contributed by atoms with Crippen LogP contribution in [-0.4, -0.2) is 6.54 Å². The second-order valence-electron chi connectivity index (χ2n) is 4.33. The third kappa shape index (κ3) is 1.68. The highest BCUT2D eigenvalue weighted by Gasteiger charge is 2.23. The summed E-state index contributed by atoms with van der Waals surface area (Å²) in [5.74, 6) is 0.847. The quantitative estimate of drug-likeness (QED) is 0.839. The molecule has 2 N–H and O–H groups in total. The Morgan fingerprint density at radius 1 is 1.33 bits per heavy atom. The van der Waals surface area contributed by atoms with E-state index in [1.165, 1.54) is 34.1 Å². The zero-order chi connectivity index (χ0) is 10.3. The number of hydrogen-bond acceptors (Lipinski definition) is 2. The van der Waals surface area contributed by atoms with E-state index in [0.717, 1.165) is 18.9 Å². The maximum absolute atomic E-state index is 5.63. The Balaban J connectivity index is 2.09. The molecule has 0 amide bonds. The van der Waals surface area contributed by atoms with Crippen molar-refractivity contribution in [3.8, 4) is 0 Å². The minimum Gasteiger partial charge on any atom is -0.330 e. The van der Waals surface area contributed by atoms with E-state index >= 15 is 0 Å². The fourth-order valence-electron chi connectivity index (χ4n) is 2.12. The van der Waals surface area contributed by atoms with Crippen LogP contribution >= 0.6 is 11.3 Å². The fourth-order valence-corrected chi connectivity index (χ4v) is 3.10. The van der Waals surface area contributed by atoms with Crippen LogP contribution < -0.4 is 5.73 Å². The summed E-state index contributed by atoms with van der Waals surface area (Å²) in [5.41, 5.74) is 8.58. The molecule has 0 aliphatic heterocycles. The van der Waals surface area contributed by atoms with Crippen molar-refractivity contribution in [2.75, 3.05) is 6.54 Å². The van der Waals surface area contributed by atoms with Gasteiger partial charge in [-0.3, -0.25) is 0 Å². The van der Waals surface area contributed by atoms with Crippen LogP contribution in [0.5, 0.6) is 0 Å². The SMILES string of the molecule is NCCc1csc2ccc(C3CC3)cc12. The van der Waals surface area contributed by atoms with Gasteiger partial charge in [0.05, 0.1) is 0 Å². The van der Waals surface area contributed by atoms with Crippen LogP contribution in [0, 0.1) is 0 Å². The van der Waals surface area contributed by atoms with E-state index in [4.69, 9.17) is 5.73 Å². The molecule has 1 heterocycles. The van der Waals surface area contributed by atoms with Crippen molar-refractivity contribution >= 4 is 21.4 Å². The molecule has 1 aliphatic carbocycles. The van der Waals surface area contributed by atoms with Crippen molar-refractivity contribution in [3.05, 3.63) is 34.7 Å². The fraction of sp³-hybridized carbons (Fsp3) is 0.385. The molecule has 0 unspecified atom stereocenters. The summed E-state index contributed by atoms with van der Waals surface area (Å²) in [4.78, 5) is 0. The number of hydrogen-bond donors (Lipinski definition) is 1. The molecule has 1 nitrogen and oxygen atoms in total. The van der Waals surface area contributed by atoms with Crippen molar-refractivity contribution in [1.29, 1.82) is 0 Å². The minimum atomic E-state index is 0.749. The Hall–Kier alpha value is -0.860. The zero-order valence-corrected chi connectivity index (χ0v) is 9.52. The van der Waals surface area contributed by atoms with Crippen LogP contribution in [0.4, 0.5) is 0 Å². The molecule has 0 radical (unpaired) electrons. The molecule has 2 aromatic rings. The van der Waals surface area contributed by atoms with Crippen LogP contribution in [-0.2, 0) is 6.42 Å². The Morgan fingerprint density at radius 3 is 2.93 bits per heavy atom. The van der Waals surface area contributed by atoms with Crippen molar-refractivity contribution < 1.29 is 0 Å². The highest BCUT2D eigenvalue weighted by molar-refractivity contribution is 7.17. The van der Waals surface area contributed by atoms with Gasteiger partial charge in [0.1, 0.15) is 0 Å². The monoisotopic (exact) mass is 217 g/mol. The van der Waals surface area contributed by atoms with Crippen molar-refractivity contribution in [2.24, 2.45) is 5.73 Å². The van der Waals surface area contributed by atoms with E-state index in [1.54, 1.807) is 0 Å². The normalized spacial score (nSPS) is 16.1. The molecule has 2 heteroatoms. The summed E-state index contributed by atoms with van der Waals surface area (Å²) in [6.07, 6.45) is 3.76. The first-order valence-corrected chi connectivity index (χ1v) is 6.46. The van der Waals surface area contributed by atoms with Gasteiger partial charge in [-0.25, -0.2) is 0 Å². The first-order chi connectivity index (χ1) is 7.38. The molecule has 1 fully saturated rings. The number of fused-ring (bicyclic) bond motifs is 1. The van der Waals surface area contributed by atoms with E-state index in [9.17, 15) is 0 Å². The molecule has 3 rings (SSSR count). The summed E-state index contributed by atoms with van der Waals surface area (Å²) in [6, 6.07) is 6.95. The van der Waals surface area contributed by atoms with Gasteiger partial charge in [-0.2, -0.15) is 0 Å². The Kier molecular flexibility index (Phi) is 2.26. The average Bonchev–Trinajstić information content (AvgIpc) is 3.03. The maximum atomic E-state index is 5.63. The lowest BCUT2D eigenvalue weighted by Gasteiger charge is -2.00. The summed E-state index contributed by atoms with van der Waals surface area (Å²) < 4.78 is 1.41. The van der Waals surface area contributed by atoms with Crippen molar-refractivity contribution in [1.82, 2.24) is 0 Å². The molecule has 78 valence electrons. The molecule has 0 saturated heterocycles. The highest BCUT2D eigenvalue weighted by Crippen LogP contribution is 2.41. The highest BCUT2D eigenvalue weighted by atomic mass is 32.1. The summed E-state index contributed by atoms with van der Waals surface area (Å²) >= 11 is 1.84. The van der Waals surface area contributed by atoms with E-state index in [0.29, 0.717) is 0 Å². The van der Waals surface area contributed by atoms with Crippen LogP contribution in [0.3, 0.4) is 0 Å². The van der Waals surface area contributed by atoms with Crippen LogP contribution in [0.15, 0.2) is 23.6 Å².